The van der Waals surface area contributed by atoms with Gasteiger partial charge >= 0.3 is 5.97 Å². The Morgan fingerprint density at radius 3 is 2.69 bits per heavy atom. The van der Waals surface area contributed by atoms with Crippen LogP contribution in [0.5, 0.6) is 0 Å². The number of esters is 1. The first kappa shape index (κ1) is 11.6. The Labute approximate surface area is 97.5 Å². The van der Waals surface area contributed by atoms with Gasteiger partial charge in [-0.3, -0.25) is 4.90 Å². The number of hydrogen-bond acceptors (Lipinski definition) is 3. The first-order valence-corrected chi connectivity index (χ1v) is 6.19. The third kappa shape index (κ3) is 2.01. The lowest BCUT2D eigenvalue weighted by Crippen LogP contribution is -2.46. The molecule has 0 saturated carbocycles. The summed E-state index contributed by atoms with van der Waals surface area (Å²) in [5, 5.41) is 0. The van der Waals surface area contributed by atoms with Crippen molar-refractivity contribution in [3.63, 3.8) is 0 Å². The van der Waals surface area contributed by atoms with Crippen LogP contribution in [0.3, 0.4) is 0 Å². The van der Waals surface area contributed by atoms with Crippen LogP contribution in [0.4, 0.5) is 0 Å². The average Bonchev–Trinajstić information content (AvgIpc) is 2.51. The van der Waals surface area contributed by atoms with Crippen molar-refractivity contribution >= 4 is 5.97 Å². The molecule has 2 heterocycles. The monoisotopic (exact) mass is 223 g/mol. The van der Waals surface area contributed by atoms with Gasteiger partial charge in [-0.25, -0.2) is 4.79 Å². The molecule has 2 saturated heterocycles. The molecule has 0 amide bonds. The van der Waals surface area contributed by atoms with Crippen LogP contribution in [0, 0.1) is 0 Å². The minimum absolute atomic E-state index is 0.103. The van der Waals surface area contributed by atoms with Crippen molar-refractivity contribution in [2.45, 2.75) is 57.7 Å². The standard InChI is InChI=1S/C13H21NO2/c1-4-9(2)13(15)16-12-8-6-10-5-7-11(12)14(10)3/h4,10-12H,5-8H2,1-3H3/b9-4+. The van der Waals surface area contributed by atoms with E-state index in [-0.39, 0.29) is 12.1 Å². The number of fused-ring (bicyclic) bond motifs is 2. The third-order valence-electron chi connectivity index (χ3n) is 4.12. The van der Waals surface area contributed by atoms with Crippen LogP contribution in [-0.2, 0) is 9.53 Å². The largest absolute Gasteiger partial charge is 0.457 e. The molecule has 0 aromatic carbocycles. The number of ether oxygens (including phenoxy) is 1. The maximum Gasteiger partial charge on any atom is 0.333 e. The van der Waals surface area contributed by atoms with Crippen LogP contribution in [-0.4, -0.2) is 36.1 Å². The van der Waals surface area contributed by atoms with Gasteiger partial charge in [0.1, 0.15) is 6.10 Å². The SMILES string of the molecule is C/C=C(\C)C(=O)OC1CCC2CCC1N2C. The van der Waals surface area contributed by atoms with Crippen molar-refractivity contribution in [2.75, 3.05) is 7.05 Å². The predicted molar refractivity (Wildman–Crippen MR) is 63.1 cm³/mol. The maximum atomic E-state index is 11.7. The van der Waals surface area contributed by atoms with Gasteiger partial charge in [0.2, 0.25) is 0 Å². The summed E-state index contributed by atoms with van der Waals surface area (Å²) in [5.74, 6) is -0.147. The van der Waals surface area contributed by atoms with Crippen LogP contribution in [0.25, 0.3) is 0 Å². The topological polar surface area (TPSA) is 29.5 Å². The second-order valence-corrected chi connectivity index (χ2v) is 4.96. The van der Waals surface area contributed by atoms with Gasteiger partial charge in [0.05, 0.1) is 0 Å². The molecule has 3 nitrogen and oxygen atoms in total. The van der Waals surface area contributed by atoms with E-state index in [1.54, 1.807) is 0 Å². The Hall–Kier alpha value is -0.830. The third-order valence-corrected chi connectivity index (χ3v) is 4.12. The van der Waals surface area contributed by atoms with E-state index >= 15 is 0 Å². The molecule has 0 N–H and O–H groups in total. The van der Waals surface area contributed by atoms with Gasteiger partial charge in [-0.15, -0.1) is 0 Å². The first-order chi connectivity index (χ1) is 7.63. The van der Waals surface area contributed by atoms with Crippen LogP contribution in [0.2, 0.25) is 0 Å². The van der Waals surface area contributed by atoms with E-state index in [2.05, 4.69) is 11.9 Å². The predicted octanol–water partition coefficient (Wildman–Crippen LogP) is 2.12. The lowest BCUT2D eigenvalue weighted by molar-refractivity contribution is -0.149. The van der Waals surface area contributed by atoms with Crippen LogP contribution in [0.1, 0.15) is 39.5 Å². The number of likely N-dealkylation sites (N-methyl/N-ethyl adjacent to an activating group) is 1. The molecule has 2 fully saturated rings. The van der Waals surface area contributed by atoms with Crippen molar-refractivity contribution in [3.8, 4) is 0 Å². The Kier molecular flexibility index (Phi) is 3.33. The van der Waals surface area contributed by atoms with E-state index in [9.17, 15) is 4.79 Å². The van der Waals surface area contributed by atoms with E-state index < -0.39 is 0 Å². The second kappa shape index (κ2) is 4.58. The minimum Gasteiger partial charge on any atom is -0.457 e. The summed E-state index contributed by atoms with van der Waals surface area (Å²) in [4.78, 5) is 14.1. The molecule has 2 aliphatic heterocycles. The Bertz CT molecular complexity index is 311. The summed E-state index contributed by atoms with van der Waals surface area (Å²) in [6, 6.07) is 1.18. The zero-order valence-corrected chi connectivity index (χ0v) is 10.4. The molecule has 2 rings (SSSR count). The molecular formula is C13H21NO2. The number of carbonyl (C=O) groups excluding carboxylic acids is 1. The van der Waals surface area contributed by atoms with Crippen molar-refractivity contribution in [3.05, 3.63) is 11.6 Å². The van der Waals surface area contributed by atoms with Crippen LogP contribution in [0.15, 0.2) is 11.6 Å². The van der Waals surface area contributed by atoms with Gasteiger partial charge in [0, 0.05) is 17.7 Å². The van der Waals surface area contributed by atoms with E-state index in [1.165, 1.54) is 19.3 Å². The fourth-order valence-corrected chi connectivity index (χ4v) is 2.87. The smallest absolute Gasteiger partial charge is 0.333 e. The van der Waals surface area contributed by atoms with Gasteiger partial charge in [0.25, 0.3) is 0 Å². The van der Waals surface area contributed by atoms with Crippen LogP contribution >= 0.6 is 0 Å². The minimum atomic E-state index is -0.147. The van der Waals surface area contributed by atoms with E-state index in [4.69, 9.17) is 4.74 Å². The molecule has 3 unspecified atom stereocenters. The van der Waals surface area contributed by atoms with Gasteiger partial charge in [-0.2, -0.15) is 0 Å². The lowest BCUT2D eigenvalue weighted by Gasteiger charge is -2.36. The summed E-state index contributed by atoms with van der Waals surface area (Å²) in [7, 11) is 2.16. The van der Waals surface area contributed by atoms with Crippen molar-refractivity contribution in [1.29, 1.82) is 0 Å². The van der Waals surface area contributed by atoms with Crippen LogP contribution < -0.4 is 0 Å². The first-order valence-electron chi connectivity index (χ1n) is 6.19. The van der Waals surface area contributed by atoms with Crippen molar-refractivity contribution in [2.24, 2.45) is 0 Å². The van der Waals surface area contributed by atoms with E-state index in [0.29, 0.717) is 11.6 Å². The number of carbonyl (C=O) groups is 1. The quantitative estimate of drug-likeness (QED) is 0.530. The zero-order chi connectivity index (χ0) is 11.7. The van der Waals surface area contributed by atoms with E-state index in [1.807, 2.05) is 19.9 Å². The van der Waals surface area contributed by atoms with Gasteiger partial charge in [-0.1, -0.05) is 6.08 Å². The fourth-order valence-electron chi connectivity index (χ4n) is 2.87. The number of rotatable bonds is 2. The van der Waals surface area contributed by atoms with Gasteiger partial charge < -0.3 is 4.74 Å². The summed E-state index contributed by atoms with van der Waals surface area (Å²) in [6.45, 7) is 3.68. The molecule has 0 aromatic rings. The molecule has 3 atom stereocenters. The highest BCUT2D eigenvalue weighted by atomic mass is 16.5. The fraction of sp³-hybridized carbons (Fsp3) is 0.769. The zero-order valence-electron chi connectivity index (χ0n) is 10.4. The summed E-state index contributed by atoms with van der Waals surface area (Å²) in [5.41, 5.74) is 0.711. The maximum absolute atomic E-state index is 11.7. The van der Waals surface area contributed by atoms with Gasteiger partial charge in [-0.05, 0) is 46.6 Å². The average molecular weight is 223 g/mol. The second-order valence-electron chi connectivity index (χ2n) is 4.96. The molecule has 0 aliphatic carbocycles. The Morgan fingerprint density at radius 2 is 2.00 bits per heavy atom. The number of piperidine rings is 1. The number of nitrogens with zero attached hydrogens (tertiary/aromatic N) is 1. The molecule has 16 heavy (non-hydrogen) atoms. The Morgan fingerprint density at radius 1 is 1.31 bits per heavy atom. The molecule has 2 bridgehead atoms. The summed E-state index contributed by atoms with van der Waals surface area (Å²) in [6.07, 6.45) is 6.55. The molecule has 90 valence electrons. The number of allylic oxidation sites excluding steroid dienone is 1. The van der Waals surface area contributed by atoms with Crippen molar-refractivity contribution in [1.82, 2.24) is 4.90 Å². The molecule has 3 heteroatoms. The van der Waals surface area contributed by atoms with E-state index in [0.717, 1.165) is 12.5 Å². The normalized spacial score (nSPS) is 35.2. The Balaban J connectivity index is 1.98. The highest BCUT2D eigenvalue weighted by molar-refractivity contribution is 5.87. The molecule has 0 aromatic heterocycles. The van der Waals surface area contributed by atoms with Crippen molar-refractivity contribution < 1.29 is 9.53 Å². The molecule has 0 radical (unpaired) electrons. The molecule has 0 spiro atoms. The highest BCUT2D eigenvalue weighted by Gasteiger charge is 2.41. The summed E-state index contributed by atoms with van der Waals surface area (Å²) < 4.78 is 5.60. The number of hydrogen-bond donors (Lipinski definition) is 0. The molecule has 2 aliphatic rings. The van der Waals surface area contributed by atoms with Gasteiger partial charge in [0.15, 0.2) is 0 Å². The lowest BCUT2D eigenvalue weighted by atomic mass is 10.0. The highest BCUT2D eigenvalue weighted by Crippen LogP contribution is 2.35. The summed E-state index contributed by atoms with van der Waals surface area (Å²) >= 11 is 0. The molecular weight excluding hydrogens is 202 g/mol.